The number of aromatic nitrogens is 1. The Hall–Kier alpha value is -4.17. The SMILES string of the molecule is C=C(C)C(=O)OCCN(CCC#N)c1ccc(N=Nc2nc3ccc([N+](=O)[O-])cc3s2)cc1. The van der Waals surface area contributed by atoms with E-state index in [1.807, 2.05) is 17.0 Å². The van der Waals surface area contributed by atoms with Crippen molar-refractivity contribution < 1.29 is 14.5 Å². The molecule has 0 radical (unpaired) electrons. The van der Waals surface area contributed by atoms with Crippen molar-refractivity contribution in [2.45, 2.75) is 13.3 Å². The van der Waals surface area contributed by atoms with E-state index in [1.165, 1.54) is 23.5 Å². The highest BCUT2D eigenvalue weighted by atomic mass is 32.1. The Morgan fingerprint density at radius 3 is 2.70 bits per heavy atom. The third-order valence-corrected chi connectivity index (χ3v) is 5.38. The summed E-state index contributed by atoms with van der Waals surface area (Å²) < 4.78 is 5.81. The van der Waals surface area contributed by atoms with Crippen molar-refractivity contribution >= 4 is 49.7 Å². The molecule has 0 saturated carbocycles. The zero-order chi connectivity index (χ0) is 23.8. The van der Waals surface area contributed by atoms with Gasteiger partial charge in [0.15, 0.2) is 0 Å². The van der Waals surface area contributed by atoms with Gasteiger partial charge in [-0.05, 0) is 37.3 Å². The maximum Gasteiger partial charge on any atom is 0.333 e. The van der Waals surface area contributed by atoms with Crippen LogP contribution >= 0.6 is 11.3 Å². The van der Waals surface area contributed by atoms with Gasteiger partial charge in [-0.25, -0.2) is 9.78 Å². The molecule has 0 N–H and O–H groups in total. The molecule has 0 aliphatic heterocycles. The van der Waals surface area contributed by atoms with Crippen LogP contribution in [0.5, 0.6) is 0 Å². The number of anilines is 1. The van der Waals surface area contributed by atoms with E-state index in [1.54, 1.807) is 25.1 Å². The first-order valence-corrected chi connectivity index (χ1v) is 10.7. The molecular formula is C22H20N6O4S. The maximum atomic E-state index is 11.6. The Bertz CT molecular complexity index is 1250. The second-order valence-corrected chi connectivity index (χ2v) is 7.94. The lowest BCUT2D eigenvalue weighted by atomic mass is 10.2. The first-order valence-electron chi connectivity index (χ1n) is 9.88. The molecule has 1 aromatic heterocycles. The molecule has 0 spiro atoms. The molecule has 1 heterocycles. The van der Waals surface area contributed by atoms with E-state index in [0.717, 1.165) is 5.69 Å². The number of fused-ring (bicyclic) bond motifs is 1. The lowest BCUT2D eigenvalue weighted by Crippen LogP contribution is -2.29. The number of hydrogen-bond donors (Lipinski definition) is 0. The minimum atomic E-state index is -0.452. The van der Waals surface area contributed by atoms with Crippen LogP contribution in [0.3, 0.4) is 0 Å². The predicted octanol–water partition coefficient (Wildman–Crippen LogP) is 5.46. The summed E-state index contributed by atoms with van der Waals surface area (Å²) in [7, 11) is 0. The molecule has 0 fully saturated rings. The first kappa shape index (κ1) is 23.5. The van der Waals surface area contributed by atoms with E-state index in [-0.39, 0.29) is 12.3 Å². The lowest BCUT2D eigenvalue weighted by molar-refractivity contribution is -0.384. The van der Waals surface area contributed by atoms with Gasteiger partial charge in [-0.3, -0.25) is 10.1 Å². The Balaban J connectivity index is 1.68. The third kappa shape index (κ3) is 6.41. The standard InChI is InChI=1S/C22H20N6O4S/c1-15(2)21(29)32-13-12-27(11-3-10-23)17-6-4-16(5-7-17)25-26-22-24-19-9-8-18(28(30)31)14-20(19)33-22/h4-9,14H,1,3,11-13H2,2H3. The molecule has 0 saturated heterocycles. The number of hydrogen-bond acceptors (Lipinski definition) is 10. The van der Waals surface area contributed by atoms with Crippen LogP contribution in [0, 0.1) is 21.4 Å². The molecule has 11 heteroatoms. The van der Waals surface area contributed by atoms with Gasteiger partial charge in [-0.1, -0.05) is 17.9 Å². The van der Waals surface area contributed by atoms with Gasteiger partial charge in [0.1, 0.15) is 6.61 Å². The van der Waals surface area contributed by atoms with E-state index >= 15 is 0 Å². The van der Waals surface area contributed by atoms with E-state index < -0.39 is 10.9 Å². The van der Waals surface area contributed by atoms with Crippen molar-refractivity contribution in [1.29, 1.82) is 5.26 Å². The van der Waals surface area contributed by atoms with Gasteiger partial charge in [0.25, 0.3) is 5.69 Å². The summed E-state index contributed by atoms with van der Waals surface area (Å²) in [5.41, 5.74) is 2.40. The van der Waals surface area contributed by atoms with Crippen molar-refractivity contribution in [2.24, 2.45) is 10.2 Å². The summed E-state index contributed by atoms with van der Waals surface area (Å²) in [4.78, 5) is 28.3. The highest BCUT2D eigenvalue weighted by Crippen LogP contribution is 2.32. The fraction of sp³-hybridized carbons (Fsp3) is 0.227. The molecular weight excluding hydrogens is 444 g/mol. The van der Waals surface area contributed by atoms with E-state index in [4.69, 9.17) is 10.00 Å². The number of thiazole rings is 1. The molecule has 10 nitrogen and oxygen atoms in total. The fourth-order valence-corrected chi connectivity index (χ4v) is 3.64. The number of nitro groups is 1. The lowest BCUT2D eigenvalue weighted by Gasteiger charge is -2.23. The summed E-state index contributed by atoms with van der Waals surface area (Å²) in [6.07, 6.45) is 0.325. The van der Waals surface area contributed by atoms with Gasteiger partial charge in [-0.15, -0.1) is 10.2 Å². The number of azo groups is 1. The Morgan fingerprint density at radius 1 is 1.27 bits per heavy atom. The third-order valence-electron chi connectivity index (χ3n) is 4.47. The molecule has 168 valence electrons. The zero-order valence-electron chi connectivity index (χ0n) is 17.8. The summed E-state index contributed by atoms with van der Waals surface area (Å²) in [6, 6.07) is 13.8. The number of non-ortho nitro benzene ring substituents is 1. The molecule has 2 aromatic carbocycles. The van der Waals surface area contributed by atoms with Crippen LogP contribution in [-0.2, 0) is 9.53 Å². The minimum Gasteiger partial charge on any atom is -0.460 e. The van der Waals surface area contributed by atoms with Gasteiger partial charge in [0, 0.05) is 29.9 Å². The highest BCUT2D eigenvalue weighted by Gasteiger charge is 2.11. The summed E-state index contributed by atoms with van der Waals surface area (Å²) in [5, 5.41) is 28.6. The highest BCUT2D eigenvalue weighted by molar-refractivity contribution is 7.21. The van der Waals surface area contributed by atoms with Crippen LogP contribution < -0.4 is 4.90 Å². The largest absolute Gasteiger partial charge is 0.460 e. The number of rotatable bonds is 10. The van der Waals surface area contributed by atoms with Crippen LogP contribution in [-0.4, -0.2) is 35.6 Å². The normalized spacial score (nSPS) is 10.8. The molecule has 0 atom stereocenters. The molecule has 33 heavy (non-hydrogen) atoms. The average molecular weight is 465 g/mol. The van der Waals surface area contributed by atoms with Gasteiger partial charge < -0.3 is 9.64 Å². The number of esters is 1. The number of ether oxygens (including phenoxy) is 1. The number of carbonyl (C=O) groups is 1. The van der Waals surface area contributed by atoms with Crippen molar-refractivity contribution in [1.82, 2.24) is 4.98 Å². The Morgan fingerprint density at radius 2 is 2.03 bits per heavy atom. The quantitative estimate of drug-likeness (QED) is 0.128. The summed E-state index contributed by atoms with van der Waals surface area (Å²) in [6.45, 7) is 6.23. The topological polar surface area (TPSA) is 134 Å². The molecule has 0 aliphatic carbocycles. The average Bonchev–Trinajstić information content (AvgIpc) is 3.22. The predicted molar refractivity (Wildman–Crippen MR) is 125 cm³/mol. The van der Waals surface area contributed by atoms with Gasteiger partial charge in [0.05, 0.1) is 39.9 Å². The minimum absolute atomic E-state index is 0.000530. The number of benzene rings is 2. The van der Waals surface area contributed by atoms with Gasteiger partial charge in [0.2, 0.25) is 5.13 Å². The number of carbonyl (C=O) groups excluding carboxylic acids is 1. The van der Waals surface area contributed by atoms with Crippen molar-refractivity contribution in [3.05, 3.63) is 64.7 Å². The van der Waals surface area contributed by atoms with Crippen molar-refractivity contribution in [3.8, 4) is 6.07 Å². The van der Waals surface area contributed by atoms with Crippen molar-refractivity contribution in [2.75, 3.05) is 24.6 Å². The monoisotopic (exact) mass is 464 g/mol. The summed E-state index contributed by atoms with van der Waals surface area (Å²) >= 11 is 1.22. The molecule has 3 rings (SSSR count). The molecule has 0 bridgehead atoms. The van der Waals surface area contributed by atoms with Crippen molar-refractivity contribution in [3.63, 3.8) is 0 Å². The van der Waals surface area contributed by atoms with Gasteiger partial charge >= 0.3 is 5.97 Å². The van der Waals surface area contributed by atoms with Crippen LogP contribution in [0.4, 0.5) is 22.2 Å². The van der Waals surface area contributed by atoms with E-state index in [0.29, 0.717) is 46.1 Å². The fourth-order valence-electron chi connectivity index (χ4n) is 2.81. The smallest absolute Gasteiger partial charge is 0.333 e. The number of nitro benzene ring substituents is 1. The van der Waals surface area contributed by atoms with Crippen LogP contribution in [0.25, 0.3) is 10.2 Å². The first-order chi connectivity index (χ1) is 15.9. The zero-order valence-corrected chi connectivity index (χ0v) is 18.6. The van der Waals surface area contributed by atoms with E-state index in [9.17, 15) is 14.9 Å². The molecule has 0 aliphatic rings. The molecule has 0 amide bonds. The number of nitrogens with zero attached hydrogens (tertiary/aromatic N) is 6. The number of nitriles is 1. The second-order valence-electron chi connectivity index (χ2n) is 6.93. The summed E-state index contributed by atoms with van der Waals surface area (Å²) in [5.74, 6) is -0.449. The van der Waals surface area contributed by atoms with Gasteiger partial charge in [-0.2, -0.15) is 5.26 Å². The molecule has 0 unspecified atom stereocenters. The van der Waals surface area contributed by atoms with E-state index in [2.05, 4.69) is 27.9 Å². The molecule has 3 aromatic rings. The Labute approximate surface area is 193 Å². The van der Waals surface area contributed by atoms with Crippen LogP contribution in [0.2, 0.25) is 0 Å². The van der Waals surface area contributed by atoms with Crippen LogP contribution in [0.15, 0.2) is 64.8 Å². The maximum absolute atomic E-state index is 11.6. The Kier molecular flexibility index (Phi) is 7.77. The van der Waals surface area contributed by atoms with Crippen LogP contribution in [0.1, 0.15) is 13.3 Å². The second kappa shape index (κ2) is 10.9.